The summed E-state index contributed by atoms with van der Waals surface area (Å²) in [5.41, 5.74) is 8.39. The molecule has 5 nitrogen and oxygen atoms in total. The van der Waals surface area contributed by atoms with E-state index in [1.165, 1.54) is 16.8 Å². The van der Waals surface area contributed by atoms with Crippen molar-refractivity contribution in [2.45, 2.75) is 59.5 Å². The van der Waals surface area contributed by atoms with Gasteiger partial charge in [-0.25, -0.2) is 4.79 Å². The molecule has 3 rings (SSSR count). The van der Waals surface area contributed by atoms with E-state index in [1.54, 1.807) is 0 Å². The van der Waals surface area contributed by atoms with Crippen molar-refractivity contribution < 1.29 is 14.6 Å². The zero-order chi connectivity index (χ0) is 21.5. The maximum atomic E-state index is 12.8. The van der Waals surface area contributed by atoms with E-state index in [9.17, 15) is 9.90 Å². The predicted molar refractivity (Wildman–Crippen MR) is 119 cm³/mol. The molecule has 0 fully saturated rings. The lowest BCUT2D eigenvalue weighted by Gasteiger charge is -2.07. The van der Waals surface area contributed by atoms with Gasteiger partial charge in [-0.3, -0.25) is 0 Å². The molecule has 0 atom stereocenters. The highest BCUT2D eigenvalue weighted by Gasteiger charge is 2.21. The Kier molecular flexibility index (Phi) is 7.52. The van der Waals surface area contributed by atoms with Crippen LogP contribution >= 0.6 is 0 Å². The van der Waals surface area contributed by atoms with Gasteiger partial charge in [-0.2, -0.15) is 0 Å². The van der Waals surface area contributed by atoms with Crippen molar-refractivity contribution in [3.63, 3.8) is 0 Å². The van der Waals surface area contributed by atoms with Gasteiger partial charge >= 0.3 is 5.97 Å². The van der Waals surface area contributed by atoms with Crippen molar-refractivity contribution in [3.8, 4) is 0 Å². The molecule has 2 heterocycles. The number of aromatic amines is 2. The first-order chi connectivity index (χ1) is 14.6. The summed E-state index contributed by atoms with van der Waals surface area (Å²) in [6, 6.07) is 9.68. The first-order valence-electron chi connectivity index (χ1n) is 10.8. The normalized spacial score (nSPS) is 11.1. The van der Waals surface area contributed by atoms with Gasteiger partial charge in [0.05, 0.1) is 0 Å². The van der Waals surface area contributed by atoms with E-state index in [4.69, 9.17) is 4.74 Å². The van der Waals surface area contributed by atoms with Crippen LogP contribution in [0.2, 0.25) is 0 Å². The Labute approximate surface area is 178 Å². The average molecular weight is 409 g/mol. The van der Waals surface area contributed by atoms with Crippen LogP contribution < -0.4 is 0 Å². The molecule has 0 unspecified atom stereocenters. The Morgan fingerprint density at radius 1 is 1.07 bits per heavy atom. The third kappa shape index (κ3) is 4.85. The summed E-state index contributed by atoms with van der Waals surface area (Å²) in [6.45, 7) is 6.67. The highest BCUT2D eigenvalue weighted by molar-refractivity contribution is 5.89. The van der Waals surface area contributed by atoms with E-state index >= 15 is 0 Å². The minimum atomic E-state index is -0.343. The number of hydrogen-bond acceptors (Lipinski definition) is 3. The molecular formula is C25H32N2O3. The first-order valence-corrected chi connectivity index (χ1v) is 10.8. The molecule has 0 amide bonds. The number of hydrogen-bond donors (Lipinski definition) is 3. The molecule has 3 N–H and O–H groups in total. The van der Waals surface area contributed by atoms with Crippen LogP contribution in [0.25, 0.3) is 0 Å². The molecule has 1 aromatic carbocycles. The van der Waals surface area contributed by atoms with Crippen LogP contribution in [-0.2, 0) is 37.0 Å². The number of benzene rings is 1. The third-order valence-electron chi connectivity index (χ3n) is 5.73. The van der Waals surface area contributed by atoms with Crippen molar-refractivity contribution in [2.75, 3.05) is 6.61 Å². The molecule has 30 heavy (non-hydrogen) atoms. The van der Waals surface area contributed by atoms with Gasteiger partial charge in [-0.05, 0) is 60.4 Å². The summed E-state index contributed by atoms with van der Waals surface area (Å²) in [6.07, 6.45) is 6.15. The van der Waals surface area contributed by atoms with Crippen LogP contribution in [0.15, 0.2) is 36.5 Å². The molecule has 2 aromatic heterocycles. The monoisotopic (exact) mass is 408 g/mol. The summed E-state index contributed by atoms with van der Waals surface area (Å²) in [4.78, 5) is 19.6. The van der Waals surface area contributed by atoms with Crippen molar-refractivity contribution in [2.24, 2.45) is 0 Å². The fourth-order valence-electron chi connectivity index (χ4n) is 4.07. The number of nitrogens with one attached hydrogen (secondary N) is 2. The minimum absolute atomic E-state index is 0.126. The largest absolute Gasteiger partial charge is 0.456 e. The number of ether oxygens (including phenoxy) is 1. The van der Waals surface area contributed by atoms with E-state index in [2.05, 4.69) is 30.0 Å². The van der Waals surface area contributed by atoms with Gasteiger partial charge in [0.15, 0.2) is 0 Å². The Bertz CT molecular complexity index is 970. The molecule has 160 valence electrons. The standard InChI is InChI=1S/C25H32N2O3/c1-4-19-15-26-22(20(19)5-2)14-23-21(12-9-13-28)17(3)24(27-23)25(29)30-16-18-10-7-6-8-11-18/h6-8,10-11,15,26-28H,4-5,9,12-14,16H2,1-3H3. The second kappa shape index (κ2) is 10.3. The molecule has 5 heteroatoms. The van der Waals surface area contributed by atoms with Gasteiger partial charge in [0.2, 0.25) is 0 Å². The van der Waals surface area contributed by atoms with E-state index in [0.717, 1.165) is 41.6 Å². The molecule has 0 bridgehead atoms. The van der Waals surface area contributed by atoms with E-state index in [-0.39, 0.29) is 19.2 Å². The summed E-state index contributed by atoms with van der Waals surface area (Å²) >= 11 is 0. The first kappa shape index (κ1) is 21.9. The van der Waals surface area contributed by atoms with Crippen molar-refractivity contribution >= 4 is 5.97 Å². The highest BCUT2D eigenvalue weighted by Crippen LogP contribution is 2.26. The number of aryl methyl sites for hydroxylation is 1. The Morgan fingerprint density at radius 3 is 2.50 bits per heavy atom. The Balaban J connectivity index is 1.85. The number of carbonyl (C=O) groups is 1. The van der Waals surface area contributed by atoms with Gasteiger partial charge in [0.25, 0.3) is 0 Å². The summed E-state index contributed by atoms with van der Waals surface area (Å²) < 4.78 is 5.56. The molecule has 0 aliphatic heterocycles. The number of aliphatic hydroxyl groups is 1. The number of rotatable bonds is 10. The van der Waals surface area contributed by atoms with Gasteiger partial charge in [0, 0.05) is 30.6 Å². The smallest absolute Gasteiger partial charge is 0.355 e. The summed E-state index contributed by atoms with van der Waals surface area (Å²) in [7, 11) is 0. The van der Waals surface area contributed by atoms with Crippen molar-refractivity contribution in [3.05, 3.63) is 81.4 Å². The fraction of sp³-hybridized carbons (Fsp3) is 0.400. The van der Waals surface area contributed by atoms with Gasteiger partial charge in [0.1, 0.15) is 12.3 Å². The Morgan fingerprint density at radius 2 is 1.83 bits per heavy atom. The molecule has 0 aliphatic carbocycles. The second-order valence-corrected chi connectivity index (χ2v) is 7.63. The molecule has 0 spiro atoms. The number of carbonyl (C=O) groups excluding carboxylic acids is 1. The van der Waals surface area contributed by atoms with Gasteiger partial charge < -0.3 is 19.8 Å². The minimum Gasteiger partial charge on any atom is -0.456 e. The van der Waals surface area contributed by atoms with Crippen LogP contribution in [-0.4, -0.2) is 27.7 Å². The van der Waals surface area contributed by atoms with Crippen LogP contribution in [0.3, 0.4) is 0 Å². The number of aliphatic hydroxyl groups excluding tert-OH is 1. The topological polar surface area (TPSA) is 78.1 Å². The van der Waals surface area contributed by atoms with Crippen LogP contribution in [0.1, 0.15) is 70.0 Å². The molecule has 0 saturated carbocycles. The number of aromatic nitrogens is 2. The van der Waals surface area contributed by atoms with E-state index < -0.39 is 0 Å². The third-order valence-corrected chi connectivity index (χ3v) is 5.73. The predicted octanol–water partition coefficient (Wildman–Crippen LogP) is 4.65. The van der Waals surface area contributed by atoms with E-state index in [0.29, 0.717) is 18.5 Å². The van der Waals surface area contributed by atoms with E-state index in [1.807, 2.05) is 37.3 Å². The SMILES string of the molecule is CCc1c[nH]c(Cc2[nH]c(C(=O)OCc3ccccc3)c(C)c2CCCO)c1CC. The zero-order valence-electron chi connectivity index (χ0n) is 18.2. The lowest BCUT2D eigenvalue weighted by molar-refractivity contribution is 0.0465. The van der Waals surface area contributed by atoms with Crippen molar-refractivity contribution in [1.82, 2.24) is 9.97 Å². The average Bonchev–Trinajstić information content (AvgIpc) is 3.31. The Hall–Kier alpha value is -2.79. The highest BCUT2D eigenvalue weighted by atomic mass is 16.5. The van der Waals surface area contributed by atoms with Crippen LogP contribution in [0.5, 0.6) is 0 Å². The van der Waals surface area contributed by atoms with Crippen LogP contribution in [0, 0.1) is 6.92 Å². The van der Waals surface area contributed by atoms with Gasteiger partial charge in [-0.15, -0.1) is 0 Å². The summed E-state index contributed by atoms with van der Waals surface area (Å²) in [5.74, 6) is -0.343. The lowest BCUT2D eigenvalue weighted by atomic mass is 9.99. The molecule has 3 aromatic rings. The quantitative estimate of drug-likeness (QED) is 0.427. The van der Waals surface area contributed by atoms with Crippen molar-refractivity contribution in [1.29, 1.82) is 0 Å². The molecule has 0 saturated heterocycles. The lowest BCUT2D eigenvalue weighted by Crippen LogP contribution is -2.07. The second-order valence-electron chi connectivity index (χ2n) is 7.63. The van der Waals surface area contributed by atoms with Crippen LogP contribution in [0.4, 0.5) is 0 Å². The number of esters is 1. The van der Waals surface area contributed by atoms with Gasteiger partial charge in [-0.1, -0.05) is 44.2 Å². The molecule has 0 radical (unpaired) electrons. The zero-order valence-corrected chi connectivity index (χ0v) is 18.2. The fourth-order valence-corrected chi connectivity index (χ4v) is 4.07. The molecular weight excluding hydrogens is 376 g/mol. The summed E-state index contributed by atoms with van der Waals surface area (Å²) in [5, 5.41) is 9.33. The maximum Gasteiger partial charge on any atom is 0.355 e. The maximum absolute atomic E-state index is 12.8. The molecule has 0 aliphatic rings. The number of H-pyrrole nitrogens is 2.